The van der Waals surface area contributed by atoms with Crippen LogP contribution in [0.2, 0.25) is 0 Å². The van der Waals surface area contributed by atoms with Crippen LogP contribution in [0.5, 0.6) is 0 Å². The molecule has 2 N–H and O–H groups in total. The first-order valence-electron chi connectivity index (χ1n) is 10.3. The molecule has 0 aliphatic carbocycles. The fraction of sp³-hybridized carbons (Fsp3) is 0.550. The predicted molar refractivity (Wildman–Crippen MR) is 115 cm³/mol. The molecule has 6 atom stereocenters. The molecule has 172 valence electrons. The maximum atomic E-state index is 12.7. The van der Waals surface area contributed by atoms with Gasteiger partial charge in [0.15, 0.2) is 18.2 Å². The van der Waals surface area contributed by atoms with Gasteiger partial charge < -0.3 is 24.8 Å². The van der Waals surface area contributed by atoms with Crippen molar-refractivity contribution in [1.82, 2.24) is 4.90 Å². The highest BCUT2D eigenvalue weighted by atomic mass is 32.2. The summed E-state index contributed by atoms with van der Waals surface area (Å²) in [5.74, 6) is -0.496. The second kappa shape index (κ2) is 7.59. The average Bonchev–Trinajstić information content (AvgIpc) is 3.38. The lowest BCUT2D eigenvalue weighted by Gasteiger charge is -2.33. The van der Waals surface area contributed by atoms with Crippen LogP contribution in [0.1, 0.15) is 19.4 Å². The van der Waals surface area contributed by atoms with Crippen molar-refractivity contribution in [2.75, 3.05) is 6.61 Å². The molecule has 12 heteroatoms. The Morgan fingerprint density at radius 3 is 2.62 bits per heavy atom. The fourth-order valence-electron chi connectivity index (χ4n) is 4.27. The number of nitrogens with zero attached hydrogens (tertiary/aromatic N) is 4. The van der Waals surface area contributed by atoms with E-state index in [1.165, 1.54) is 18.5 Å². The number of nitrogens with two attached hydrogens (primary N) is 1. The zero-order chi connectivity index (χ0) is 22.7. The highest BCUT2D eigenvalue weighted by Gasteiger charge is 2.58. The minimum absolute atomic E-state index is 0.0824. The average molecular weight is 464 g/mol. The number of aryl methyl sites for hydroxylation is 1. The van der Waals surface area contributed by atoms with Crippen LogP contribution in [-0.4, -0.2) is 81.0 Å². The Morgan fingerprint density at radius 2 is 1.88 bits per heavy atom. The Kier molecular flexibility index (Phi) is 5.09. The van der Waals surface area contributed by atoms with Crippen molar-refractivity contribution in [3.63, 3.8) is 0 Å². The van der Waals surface area contributed by atoms with Crippen LogP contribution in [0, 0.1) is 6.92 Å². The number of aliphatic imine (C=N–C) groups is 3. The van der Waals surface area contributed by atoms with Crippen LogP contribution < -0.4 is 5.73 Å². The number of rotatable bonds is 5. The minimum Gasteiger partial charge on any atom is -0.385 e. The molecule has 0 spiro atoms. The van der Waals surface area contributed by atoms with Crippen LogP contribution in [-0.2, 0) is 28.5 Å². The van der Waals surface area contributed by atoms with E-state index in [4.69, 9.17) is 24.1 Å². The van der Waals surface area contributed by atoms with Gasteiger partial charge in [-0.25, -0.2) is 9.98 Å². The summed E-state index contributed by atoms with van der Waals surface area (Å²) in [6, 6.07) is 6.05. The summed E-state index contributed by atoms with van der Waals surface area (Å²) in [6.07, 6.45) is 0.271. The molecule has 1 aromatic rings. The number of hydrogen-bond acceptors (Lipinski definition) is 11. The third-order valence-corrected chi connectivity index (χ3v) is 7.09. The number of ether oxygens (including phenoxy) is 3. The third-order valence-electron chi connectivity index (χ3n) is 5.79. The van der Waals surface area contributed by atoms with Gasteiger partial charge in [0.05, 0.1) is 17.8 Å². The normalized spacial score (nSPS) is 35.1. The number of hydrogen-bond donors (Lipinski definition) is 1. The van der Waals surface area contributed by atoms with Crippen LogP contribution in [0.4, 0.5) is 0 Å². The monoisotopic (exact) mass is 463 g/mol. The standard InChI is InChI=1S/C20H25N5O6S/c1-11-4-6-12(7-5-11)32(26,27)28-8-13-15-16(31-20(2,3)30-15)19(29-13)25-10-24-14-17(21)22-9-23-18(14)25/h4-7,9-10,13-16,18-19H,8H2,1-3H3,(H2,21,22,23)/t13-,14?,15-,16-,18?,19-/m1/s1. The van der Waals surface area contributed by atoms with Crippen molar-refractivity contribution in [2.24, 2.45) is 20.7 Å². The first-order valence-corrected chi connectivity index (χ1v) is 11.7. The molecule has 0 aromatic heterocycles. The van der Waals surface area contributed by atoms with Gasteiger partial charge >= 0.3 is 0 Å². The Labute approximate surface area is 186 Å². The van der Waals surface area contributed by atoms with Gasteiger partial charge in [0.2, 0.25) is 0 Å². The summed E-state index contributed by atoms with van der Waals surface area (Å²) in [7, 11) is -3.96. The number of amidine groups is 1. The Bertz CT molecular complexity index is 1090. The highest BCUT2D eigenvalue weighted by molar-refractivity contribution is 7.86. The zero-order valence-electron chi connectivity index (χ0n) is 17.9. The van der Waals surface area contributed by atoms with Gasteiger partial charge in [-0.05, 0) is 32.9 Å². The summed E-state index contributed by atoms with van der Waals surface area (Å²) < 4.78 is 49.0. The zero-order valence-corrected chi connectivity index (χ0v) is 18.7. The van der Waals surface area contributed by atoms with Crippen LogP contribution in [0.15, 0.2) is 44.1 Å². The third kappa shape index (κ3) is 3.71. The van der Waals surface area contributed by atoms with Gasteiger partial charge in [0.25, 0.3) is 10.1 Å². The maximum absolute atomic E-state index is 12.7. The Hall–Kier alpha value is -2.38. The van der Waals surface area contributed by atoms with Crippen LogP contribution >= 0.6 is 0 Å². The number of benzene rings is 1. The summed E-state index contributed by atoms with van der Waals surface area (Å²) in [6.45, 7) is 5.26. The van der Waals surface area contributed by atoms with Crippen LogP contribution in [0.25, 0.3) is 0 Å². The lowest BCUT2D eigenvalue weighted by Crippen LogP contribution is -2.51. The summed E-state index contributed by atoms with van der Waals surface area (Å²) >= 11 is 0. The highest BCUT2D eigenvalue weighted by Crippen LogP contribution is 2.41. The Balaban J connectivity index is 1.34. The molecule has 2 saturated heterocycles. The van der Waals surface area contributed by atoms with Crippen molar-refractivity contribution >= 4 is 28.6 Å². The van der Waals surface area contributed by atoms with Gasteiger partial charge in [-0.2, -0.15) is 8.42 Å². The predicted octanol–water partition coefficient (Wildman–Crippen LogP) is 0.383. The van der Waals surface area contributed by atoms with E-state index in [0.29, 0.717) is 5.84 Å². The molecule has 4 heterocycles. The topological polar surface area (TPSA) is 137 Å². The van der Waals surface area contributed by atoms with Crippen molar-refractivity contribution in [3.05, 3.63) is 29.8 Å². The minimum atomic E-state index is -3.96. The first kappa shape index (κ1) is 21.5. The summed E-state index contributed by atoms with van der Waals surface area (Å²) in [5, 5.41) is 0. The lowest BCUT2D eigenvalue weighted by atomic mass is 10.1. The molecule has 1 aromatic carbocycles. The lowest BCUT2D eigenvalue weighted by molar-refractivity contribution is -0.203. The SMILES string of the molecule is Cc1ccc(S(=O)(=O)OC[C@H]2O[C@@H](N3C=NC4C(N)=NC=NC43)[C@@H]3OC(C)(C)O[C@@H]32)cc1. The van der Waals surface area contributed by atoms with Gasteiger partial charge in [0.1, 0.15) is 36.5 Å². The van der Waals surface area contributed by atoms with E-state index in [0.717, 1.165) is 5.56 Å². The second-order valence-electron chi connectivity index (χ2n) is 8.57. The van der Waals surface area contributed by atoms with Crippen molar-refractivity contribution < 1.29 is 26.8 Å². The maximum Gasteiger partial charge on any atom is 0.297 e. The van der Waals surface area contributed by atoms with E-state index in [9.17, 15) is 8.42 Å². The van der Waals surface area contributed by atoms with Crippen LogP contribution in [0.3, 0.4) is 0 Å². The molecule has 4 aliphatic rings. The molecule has 0 radical (unpaired) electrons. The summed E-state index contributed by atoms with van der Waals surface area (Å²) in [5.41, 5.74) is 6.91. The molecule has 4 aliphatic heterocycles. The molecule has 2 unspecified atom stereocenters. The summed E-state index contributed by atoms with van der Waals surface area (Å²) in [4.78, 5) is 14.7. The van der Waals surface area contributed by atoms with Crippen molar-refractivity contribution in [1.29, 1.82) is 0 Å². The van der Waals surface area contributed by atoms with E-state index in [-0.39, 0.29) is 11.5 Å². The Morgan fingerprint density at radius 1 is 1.16 bits per heavy atom. The first-order chi connectivity index (χ1) is 15.1. The van der Waals surface area contributed by atoms with E-state index >= 15 is 0 Å². The van der Waals surface area contributed by atoms with E-state index in [1.807, 2.05) is 6.92 Å². The van der Waals surface area contributed by atoms with E-state index < -0.39 is 52.7 Å². The van der Waals surface area contributed by atoms with E-state index in [2.05, 4.69) is 15.0 Å². The van der Waals surface area contributed by atoms with Crippen molar-refractivity contribution in [2.45, 2.75) is 68.2 Å². The van der Waals surface area contributed by atoms with Gasteiger partial charge in [-0.15, -0.1) is 0 Å². The molecule has 5 rings (SSSR count). The molecule has 32 heavy (non-hydrogen) atoms. The smallest absolute Gasteiger partial charge is 0.297 e. The molecule has 11 nitrogen and oxygen atoms in total. The largest absolute Gasteiger partial charge is 0.385 e. The van der Waals surface area contributed by atoms with Gasteiger partial charge in [0, 0.05) is 0 Å². The van der Waals surface area contributed by atoms with E-state index in [1.54, 1.807) is 37.2 Å². The molecule has 0 bridgehead atoms. The quantitative estimate of drug-likeness (QED) is 0.619. The molecule has 0 amide bonds. The number of fused-ring (bicyclic) bond motifs is 2. The van der Waals surface area contributed by atoms with Gasteiger partial charge in [-0.1, -0.05) is 17.7 Å². The molecule has 2 fully saturated rings. The molecule has 0 saturated carbocycles. The molecular weight excluding hydrogens is 438 g/mol. The fourth-order valence-corrected chi connectivity index (χ4v) is 5.19. The van der Waals surface area contributed by atoms with Crippen molar-refractivity contribution in [3.8, 4) is 0 Å². The van der Waals surface area contributed by atoms with Gasteiger partial charge in [-0.3, -0.25) is 9.18 Å². The second-order valence-corrected chi connectivity index (χ2v) is 10.2. The molecular formula is C20H25N5O6S.